The first-order valence-corrected chi connectivity index (χ1v) is 9.05. The predicted octanol–water partition coefficient (Wildman–Crippen LogP) is 2.27. The van der Waals surface area contributed by atoms with E-state index in [-0.39, 0.29) is 18.9 Å². The summed E-state index contributed by atoms with van der Waals surface area (Å²) in [7, 11) is -3.43. The van der Waals surface area contributed by atoms with Gasteiger partial charge in [0.2, 0.25) is 15.9 Å². The SMILES string of the molecule is C=CCNC(=O)CCN(c1ccc(C(C)C)cc1)S(C)(=O)=O. The number of nitrogens with zero attached hydrogens (tertiary/aromatic N) is 1. The van der Waals surface area contributed by atoms with Gasteiger partial charge in [0, 0.05) is 19.5 Å². The molecule has 1 N–H and O–H groups in total. The van der Waals surface area contributed by atoms with Crippen molar-refractivity contribution in [3.8, 4) is 0 Å². The average molecular weight is 324 g/mol. The molecule has 1 rings (SSSR count). The summed E-state index contributed by atoms with van der Waals surface area (Å²) in [6.45, 7) is 8.16. The van der Waals surface area contributed by atoms with Crippen molar-refractivity contribution >= 4 is 21.6 Å². The summed E-state index contributed by atoms with van der Waals surface area (Å²) < 4.78 is 25.2. The van der Waals surface area contributed by atoms with E-state index >= 15 is 0 Å². The zero-order valence-corrected chi connectivity index (χ0v) is 14.2. The summed E-state index contributed by atoms with van der Waals surface area (Å²) in [5, 5.41) is 2.64. The number of hydrogen-bond donors (Lipinski definition) is 1. The number of carbonyl (C=O) groups excluding carboxylic acids is 1. The Morgan fingerprint density at radius 3 is 2.36 bits per heavy atom. The summed E-state index contributed by atoms with van der Waals surface area (Å²) in [5.41, 5.74) is 1.71. The number of hydrogen-bond acceptors (Lipinski definition) is 3. The Bertz CT molecular complexity index is 607. The first-order valence-electron chi connectivity index (χ1n) is 7.21. The monoisotopic (exact) mass is 324 g/mol. The smallest absolute Gasteiger partial charge is 0.232 e. The molecule has 1 amide bonds. The van der Waals surface area contributed by atoms with E-state index in [1.54, 1.807) is 18.2 Å². The van der Waals surface area contributed by atoms with Gasteiger partial charge in [-0.05, 0) is 23.6 Å². The highest BCUT2D eigenvalue weighted by Crippen LogP contribution is 2.22. The zero-order valence-electron chi connectivity index (χ0n) is 13.4. The third-order valence-electron chi connectivity index (χ3n) is 3.23. The summed E-state index contributed by atoms with van der Waals surface area (Å²) in [4.78, 5) is 11.6. The van der Waals surface area contributed by atoms with Gasteiger partial charge >= 0.3 is 0 Å². The minimum atomic E-state index is -3.43. The van der Waals surface area contributed by atoms with E-state index in [1.165, 1.54) is 4.31 Å². The topological polar surface area (TPSA) is 66.5 Å². The number of nitrogens with one attached hydrogen (secondary N) is 1. The van der Waals surface area contributed by atoms with Crippen molar-refractivity contribution < 1.29 is 13.2 Å². The van der Waals surface area contributed by atoms with Crippen LogP contribution in [0, 0.1) is 0 Å². The van der Waals surface area contributed by atoms with Gasteiger partial charge < -0.3 is 5.32 Å². The Hall–Kier alpha value is -1.82. The molecule has 0 aliphatic carbocycles. The summed E-state index contributed by atoms with van der Waals surface area (Å²) in [5.74, 6) is 0.178. The van der Waals surface area contributed by atoms with Gasteiger partial charge in [0.15, 0.2) is 0 Å². The van der Waals surface area contributed by atoms with Crippen molar-refractivity contribution in [2.75, 3.05) is 23.7 Å². The number of carbonyl (C=O) groups is 1. The van der Waals surface area contributed by atoms with Gasteiger partial charge in [-0.15, -0.1) is 6.58 Å². The number of amides is 1. The Balaban J connectivity index is 2.85. The number of benzene rings is 1. The Labute approximate surface area is 133 Å². The van der Waals surface area contributed by atoms with Gasteiger partial charge in [0.25, 0.3) is 0 Å². The molecule has 0 aliphatic heterocycles. The van der Waals surface area contributed by atoms with Crippen LogP contribution in [0.2, 0.25) is 0 Å². The quantitative estimate of drug-likeness (QED) is 0.746. The minimum Gasteiger partial charge on any atom is -0.353 e. The highest BCUT2D eigenvalue weighted by Gasteiger charge is 2.18. The van der Waals surface area contributed by atoms with Crippen LogP contribution >= 0.6 is 0 Å². The first-order chi connectivity index (χ1) is 10.3. The van der Waals surface area contributed by atoms with Crippen LogP contribution in [-0.4, -0.2) is 33.7 Å². The summed E-state index contributed by atoms with van der Waals surface area (Å²) in [6, 6.07) is 7.38. The van der Waals surface area contributed by atoms with Gasteiger partial charge in [0.05, 0.1) is 11.9 Å². The van der Waals surface area contributed by atoms with Crippen LogP contribution < -0.4 is 9.62 Å². The summed E-state index contributed by atoms with van der Waals surface area (Å²) in [6.07, 6.45) is 2.83. The zero-order chi connectivity index (χ0) is 16.8. The largest absolute Gasteiger partial charge is 0.353 e. The maximum Gasteiger partial charge on any atom is 0.232 e. The highest BCUT2D eigenvalue weighted by atomic mass is 32.2. The molecule has 1 aromatic carbocycles. The third-order valence-corrected chi connectivity index (χ3v) is 4.43. The van der Waals surface area contributed by atoms with Crippen LogP contribution in [0.3, 0.4) is 0 Å². The molecule has 0 atom stereocenters. The second-order valence-corrected chi connectivity index (χ2v) is 7.33. The predicted molar refractivity (Wildman–Crippen MR) is 90.5 cm³/mol. The number of rotatable bonds is 8. The molecule has 6 heteroatoms. The molecule has 122 valence electrons. The molecule has 0 spiro atoms. The molecular formula is C16H24N2O3S. The van der Waals surface area contributed by atoms with Crippen LogP contribution in [0.5, 0.6) is 0 Å². The van der Waals surface area contributed by atoms with Gasteiger partial charge in [0.1, 0.15) is 0 Å². The lowest BCUT2D eigenvalue weighted by Crippen LogP contribution is -2.34. The van der Waals surface area contributed by atoms with E-state index in [0.717, 1.165) is 11.8 Å². The van der Waals surface area contributed by atoms with E-state index in [1.807, 2.05) is 12.1 Å². The Morgan fingerprint density at radius 2 is 1.91 bits per heavy atom. The maximum absolute atomic E-state index is 12.0. The van der Waals surface area contributed by atoms with Gasteiger partial charge in [-0.25, -0.2) is 8.42 Å². The van der Waals surface area contributed by atoms with Crippen LogP contribution in [-0.2, 0) is 14.8 Å². The van der Waals surface area contributed by atoms with E-state index in [2.05, 4.69) is 25.7 Å². The van der Waals surface area contributed by atoms with Crippen molar-refractivity contribution in [1.29, 1.82) is 0 Å². The minimum absolute atomic E-state index is 0.104. The van der Waals surface area contributed by atoms with Crippen molar-refractivity contribution in [2.45, 2.75) is 26.2 Å². The second-order valence-electron chi connectivity index (χ2n) is 5.42. The van der Waals surface area contributed by atoms with Crippen LogP contribution in [0.1, 0.15) is 31.7 Å². The average Bonchev–Trinajstić information content (AvgIpc) is 2.44. The molecule has 0 radical (unpaired) electrons. The fourth-order valence-electron chi connectivity index (χ4n) is 1.99. The fourth-order valence-corrected chi connectivity index (χ4v) is 2.92. The second kappa shape index (κ2) is 7.98. The van der Waals surface area contributed by atoms with Gasteiger partial charge in [-0.1, -0.05) is 32.1 Å². The van der Waals surface area contributed by atoms with Crippen LogP contribution in [0.15, 0.2) is 36.9 Å². The van der Waals surface area contributed by atoms with E-state index in [4.69, 9.17) is 0 Å². The molecule has 0 unspecified atom stereocenters. The molecule has 5 nitrogen and oxygen atoms in total. The van der Waals surface area contributed by atoms with E-state index in [0.29, 0.717) is 18.2 Å². The highest BCUT2D eigenvalue weighted by molar-refractivity contribution is 7.92. The first kappa shape index (κ1) is 18.2. The van der Waals surface area contributed by atoms with Crippen molar-refractivity contribution in [3.63, 3.8) is 0 Å². The molecule has 0 aliphatic rings. The maximum atomic E-state index is 12.0. The number of anilines is 1. The van der Waals surface area contributed by atoms with E-state index in [9.17, 15) is 13.2 Å². The lowest BCUT2D eigenvalue weighted by Gasteiger charge is -2.22. The van der Waals surface area contributed by atoms with Gasteiger partial charge in [-0.2, -0.15) is 0 Å². The van der Waals surface area contributed by atoms with Crippen LogP contribution in [0.25, 0.3) is 0 Å². The van der Waals surface area contributed by atoms with Crippen molar-refractivity contribution in [2.24, 2.45) is 0 Å². The lowest BCUT2D eigenvalue weighted by molar-refractivity contribution is -0.120. The third kappa shape index (κ3) is 5.52. The normalized spacial score (nSPS) is 11.3. The molecule has 0 heterocycles. The molecule has 0 saturated carbocycles. The molecule has 1 aromatic rings. The molecule has 0 saturated heterocycles. The summed E-state index contributed by atoms with van der Waals surface area (Å²) >= 11 is 0. The molecule has 22 heavy (non-hydrogen) atoms. The molecular weight excluding hydrogens is 300 g/mol. The Morgan fingerprint density at radius 1 is 1.32 bits per heavy atom. The van der Waals surface area contributed by atoms with Crippen molar-refractivity contribution in [3.05, 3.63) is 42.5 Å². The standard InChI is InChI=1S/C16H24N2O3S/c1-5-11-17-16(19)10-12-18(22(4,20)21)15-8-6-14(7-9-15)13(2)3/h5-9,13H,1,10-12H2,2-4H3,(H,17,19). The van der Waals surface area contributed by atoms with Crippen molar-refractivity contribution in [1.82, 2.24) is 5.32 Å². The fraction of sp³-hybridized carbons (Fsp3) is 0.438. The Kier molecular flexibility index (Phi) is 6.61. The van der Waals surface area contributed by atoms with Crippen LogP contribution in [0.4, 0.5) is 5.69 Å². The lowest BCUT2D eigenvalue weighted by atomic mass is 10.0. The van der Waals surface area contributed by atoms with Gasteiger partial charge in [-0.3, -0.25) is 9.10 Å². The van der Waals surface area contributed by atoms with E-state index < -0.39 is 10.0 Å². The molecule has 0 aromatic heterocycles. The molecule has 0 bridgehead atoms. The number of sulfonamides is 1. The molecule has 0 fully saturated rings.